The first-order valence-electron chi connectivity index (χ1n) is 19.9. The smallest absolute Gasteiger partial charge is 0.212 e. The molecule has 13 aromatic rings. The molecule has 60 heavy (non-hydrogen) atoms. The summed E-state index contributed by atoms with van der Waals surface area (Å²) in [4.78, 5) is 4.20. The van der Waals surface area contributed by atoms with Crippen LogP contribution in [0.5, 0.6) is 0 Å². The van der Waals surface area contributed by atoms with Crippen molar-refractivity contribution in [2.75, 3.05) is 0 Å². The first-order valence-corrected chi connectivity index (χ1v) is 20.8. The molecule has 0 N–H and O–H groups in total. The van der Waals surface area contributed by atoms with Gasteiger partial charge in [0.25, 0.3) is 0 Å². The minimum Gasteiger partial charge on any atom is -0.319 e. The number of aromatic nitrogens is 3. The Labute approximate surface area is 346 Å². The molecule has 0 aliphatic carbocycles. The fourth-order valence-electron chi connectivity index (χ4n) is 9.93. The van der Waals surface area contributed by atoms with E-state index in [2.05, 4.69) is 182 Å². The van der Waals surface area contributed by atoms with Crippen molar-refractivity contribution >= 4 is 113 Å². The SMILES string of the molecule is [C-]#[N+]c1cc(-n2c3ccc(-n4c5ccccc5c5ccccc54)cc3c3c4ccccc4ccc32)c(C#N)cc1-n1c2ccccc2c2cc3c(cc21)sc1ccccc13. The van der Waals surface area contributed by atoms with Crippen LogP contribution in [0.25, 0.3) is 118 Å². The van der Waals surface area contributed by atoms with E-state index in [0.717, 1.165) is 71.1 Å². The van der Waals surface area contributed by atoms with Crippen LogP contribution in [0.15, 0.2) is 176 Å². The molecule has 0 spiro atoms. The Balaban J connectivity index is 1.10. The molecule has 4 heterocycles. The van der Waals surface area contributed by atoms with E-state index in [1.807, 2.05) is 18.2 Å². The molecular weight excluding hydrogens is 751 g/mol. The van der Waals surface area contributed by atoms with E-state index in [1.165, 1.54) is 30.9 Å². The summed E-state index contributed by atoms with van der Waals surface area (Å²) in [5.41, 5.74) is 9.64. The lowest BCUT2D eigenvalue weighted by Crippen LogP contribution is -2.02. The Morgan fingerprint density at radius 2 is 1.03 bits per heavy atom. The van der Waals surface area contributed by atoms with E-state index in [-0.39, 0.29) is 0 Å². The summed E-state index contributed by atoms with van der Waals surface area (Å²) in [5.74, 6) is 0. The van der Waals surface area contributed by atoms with Crippen molar-refractivity contribution in [2.45, 2.75) is 0 Å². The lowest BCUT2D eigenvalue weighted by Gasteiger charge is -2.16. The normalized spacial score (nSPS) is 12.0. The van der Waals surface area contributed by atoms with E-state index >= 15 is 0 Å². The maximum atomic E-state index is 11.1. The number of nitrogens with zero attached hydrogens (tertiary/aromatic N) is 5. The lowest BCUT2D eigenvalue weighted by molar-refractivity contribution is 1.14. The average molecular weight is 780 g/mol. The van der Waals surface area contributed by atoms with Crippen LogP contribution in [0.2, 0.25) is 0 Å². The zero-order chi connectivity index (χ0) is 39.6. The highest BCUT2D eigenvalue weighted by molar-refractivity contribution is 7.25. The van der Waals surface area contributed by atoms with Gasteiger partial charge in [-0.05, 0) is 83.6 Å². The van der Waals surface area contributed by atoms with Crippen molar-refractivity contribution < 1.29 is 0 Å². The number of para-hydroxylation sites is 3. The maximum Gasteiger partial charge on any atom is 0.212 e. The highest BCUT2D eigenvalue weighted by Gasteiger charge is 2.23. The molecule has 0 radical (unpaired) electrons. The zero-order valence-electron chi connectivity index (χ0n) is 31.9. The van der Waals surface area contributed by atoms with Crippen LogP contribution in [0.4, 0.5) is 5.69 Å². The quantitative estimate of drug-likeness (QED) is 0.165. The van der Waals surface area contributed by atoms with Crippen LogP contribution in [0.3, 0.4) is 0 Å². The molecule has 0 atom stereocenters. The zero-order valence-corrected chi connectivity index (χ0v) is 32.7. The second-order valence-corrected chi connectivity index (χ2v) is 16.6. The largest absolute Gasteiger partial charge is 0.319 e. The summed E-state index contributed by atoms with van der Waals surface area (Å²) in [7, 11) is 0. The molecule has 5 nitrogen and oxygen atoms in total. The summed E-state index contributed by atoms with van der Waals surface area (Å²) in [6, 6.07) is 64.6. The van der Waals surface area contributed by atoms with Crippen molar-refractivity contribution in [3.63, 3.8) is 0 Å². The lowest BCUT2D eigenvalue weighted by atomic mass is 10.0. The molecule has 13 rings (SSSR count). The molecule has 0 unspecified atom stereocenters. The van der Waals surface area contributed by atoms with Crippen molar-refractivity contribution in [2.24, 2.45) is 0 Å². The van der Waals surface area contributed by atoms with Crippen LogP contribution >= 0.6 is 11.3 Å². The topological polar surface area (TPSA) is 42.9 Å². The second kappa shape index (κ2) is 12.2. The van der Waals surface area contributed by atoms with E-state index in [4.69, 9.17) is 6.57 Å². The number of nitriles is 1. The van der Waals surface area contributed by atoms with Gasteiger partial charge < -0.3 is 13.7 Å². The molecular formula is C54H29N5S. The molecule has 0 aliphatic heterocycles. The minimum absolute atomic E-state index is 0.473. The van der Waals surface area contributed by atoms with Gasteiger partial charge in [-0.3, -0.25) is 0 Å². The number of hydrogen-bond acceptors (Lipinski definition) is 2. The number of fused-ring (bicyclic) bond motifs is 14. The predicted molar refractivity (Wildman–Crippen MR) is 251 cm³/mol. The third kappa shape index (κ3) is 4.38. The summed E-state index contributed by atoms with van der Waals surface area (Å²) >= 11 is 1.78. The number of thiophene rings is 1. The van der Waals surface area contributed by atoms with Crippen LogP contribution in [-0.2, 0) is 0 Å². The molecule has 0 saturated heterocycles. The van der Waals surface area contributed by atoms with Crippen LogP contribution in [0, 0.1) is 17.9 Å². The highest BCUT2D eigenvalue weighted by atomic mass is 32.1. The van der Waals surface area contributed by atoms with Crippen molar-refractivity contribution in [3.05, 3.63) is 193 Å². The Bertz CT molecular complexity index is 4050. The van der Waals surface area contributed by atoms with Gasteiger partial charge in [0, 0.05) is 58.2 Å². The van der Waals surface area contributed by atoms with Crippen molar-refractivity contribution in [1.29, 1.82) is 5.26 Å². The van der Waals surface area contributed by atoms with E-state index < -0.39 is 0 Å². The van der Waals surface area contributed by atoms with Gasteiger partial charge in [-0.2, -0.15) is 5.26 Å². The Morgan fingerprint density at radius 1 is 0.433 bits per heavy atom. The summed E-state index contributed by atoms with van der Waals surface area (Å²) in [6.07, 6.45) is 0. The molecule has 9 aromatic carbocycles. The second-order valence-electron chi connectivity index (χ2n) is 15.5. The van der Waals surface area contributed by atoms with Crippen molar-refractivity contribution in [3.8, 4) is 23.1 Å². The molecule has 0 bridgehead atoms. The van der Waals surface area contributed by atoms with Gasteiger partial charge in [-0.1, -0.05) is 103 Å². The van der Waals surface area contributed by atoms with Crippen LogP contribution in [-0.4, -0.2) is 13.7 Å². The van der Waals surface area contributed by atoms with Crippen LogP contribution in [0.1, 0.15) is 5.56 Å². The number of rotatable bonds is 3. The van der Waals surface area contributed by atoms with Gasteiger partial charge in [0.1, 0.15) is 6.07 Å². The maximum absolute atomic E-state index is 11.1. The monoisotopic (exact) mass is 779 g/mol. The minimum atomic E-state index is 0.473. The first kappa shape index (κ1) is 32.9. The van der Waals surface area contributed by atoms with E-state index in [9.17, 15) is 5.26 Å². The fourth-order valence-corrected chi connectivity index (χ4v) is 11.1. The molecule has 276 valence electrons. The molecule has 0 saturated carbocycles. The van der Waals surface area contributed by atoms with E-state index in [1.54, 1.807) is 11.3 Å². The molecule has 0 amide bonds. The standard InChI is InChI=1S/C54H29N5S/c1-56-43-29-49(33(31-55)26-51(43)59-46-20-10-6-16-38(46)40-28-41-39-17-7-11-21-52(39)60-53(41)30-50(40)59)58-47-25-23-34(27-42(47)54-35-13-3-2-12-32(35)22-24-48(54)58)57-44-18-8-4-14-36(44)37-15-5-9-19-45(37)57/h2-30H. The van der Waals surface area contributed by atoms with Gasteiger partial charge >= 0.3 is 0 Å². The molecule has 0 aliphatic rings. The van der Waals surface area contributed by atoms with Gasteiger partial charge in [-0.15, -0.1) is 11.3 Å². The van der Waals surface area contributed by atoms with E-state index in [0.29, 0.717) is 22.6 Å². The third-order valence-corrected chi connectivity index (χ3v) is 13.6. The van der Waals surface area contributed by atoms with Crippen molar-refractivity contribution in [1.82, 2.24) is 13.7 Å². The third-order valence-electron chi connectivity index (χ3n) is 12.5. The molecule has 4 aromatic heterocycles. The van der Waals surface area contributed by atoms with Gasteiger partial charge in [-0.25, -0.2) is 4.85 Å². The Hall–Kier alpha value is -8.16. The summed E-state index contributed by atoms with van der Waals surface area (Å²) in [6.45, 7) is 8.65. The Morgan fingerprint density at radius 3 is 1.77 bits per heavy atom. The summed E-state index contributed by atoms with van der Waals surface area (Å²) in [5, 5.41) is 22.7. The van der Waals surface area contributed by atoms with Gasteiger partial charge in [0.15, 0.2) is 0 Å². The highest BCUT2D eigenvalue weighted by Crippen LogP contribution is 2.45. The average Bonchev–Trinajstić information content (AvgIpc) is 4.03. The summed E-state index contributed by atoms with van der Waals surface area (Å²) < 4.78 is 9.16. The number of hydrogen-bond donors (Lipinski definition) is 0. The van der Waals surface area contributed by atoms with Crippen LogP contribution < -0.4 is 0 Å². The Kier molecular flexibility index (Phi) is 6.67. The van der Waals surface area contributed by atoms with Gasteiger partial charge in [0.05, 0.1) is 56.6 Å². The molecule has 6 heteroatoms. The number of benzene rings is 9. The fraction of sp³-hybridized carbons (Fsp3) is 0. The molecule has 0 fully saturated rings. The first-order chi connectivity index (χ1) is 29.7. The predicted octanol–water partition coefficient (Wildman–Crippen LogP) is 14.9. The van der Waals surface area contributed by atoms with Gasteiger partial charge in [0.2, 0.25) is 5.69 Å².